The first-order valence-corrected chi connectivity index (χ1v) is 10.1. The summed E-state index contributed by atoms with van der Waals surface area (Å²) in [6.07, 6.45) is 3.60. The largest absolute Gasteiger partial charge is 0.339 e. The molecule has 8 nitrogen and oxygen atoms in total. The lowest BCUT2D eigenvalue weighted by atomic mass is 10.1. The van der Waals surface area contributed by atoms with Gasteiger partial charge in [0.25, 0.3) is 5.91 Å². The monoisotopic (exact) mass is 386 g/mol. The van der Waals surface area contributed by atoms with Crippen molar-refractivity contribution in [2.45, 2.75) is 52.5 Å². The summed E-state index contributed by atoms with van der Waals surface area (Å²) >= 11 is 0. The number of nitrogens with one attached hydrogen (secondary N) is 1. The van der Waals surface area contributed by atoms with Crippen molar-refractivity contribution in [3.05, 3.63) is 29.7 Å². The molecule has 1 aliphatic heterocycles. The average molecular weight is 387 g/mol. The van der Waals surface area contributed by atoms with E-state index in [1.54, 1.807) is 0 Å². The van der Waals surface area contributed by atoms with Gasteiger partial charge >= 0.3 is 6.03 Å². The van der Waals surface area contributed by atoms with Gasteiger partial charge in [-0.05, 0) is 45.7 Å². The Hall–Kier alpha value is -2.64. The number of pyridine rings is 1. The van der Waals surface area contributed by atoms with Gasteiger partial charge in [-0.15, -0.1) is 10.2 Å². The molecule has 1 saturated heterocycles. The van der Waals surface area contributed by atoms with Crippen molar-refractivity contribution in [3.8, 4) is 0 Å². The highest BCUT2D eigenvalue weighted by Gasteiger charge is 2.30. The lowest BCUT2D eigenvalue weighted by molar-refractivity contribution is 0.0764. The maximum absolute atomic E-state index is 12.8. The molecule has 2 aromatic heterocycles. The number of carbonyl (C=O) groups excluding carboxylic acids is 2. The Kier molecular flexibility index (Phi) is 6.16. The standard InChI is InChI=1S/C20H30N6O2/c1-5-10-24(6-2)19(27)16-7-8-17-22-23-18(26(17)13-16)15-9-11-25(12-15)20(28)21-14(3)4/h7-8,13-15H,5-6,9-12H2,1-4H3,(H,21,28)/t15-/m0/s1. The van der Waals surface area contributed by atoms with Crippen molar-refractivity contribution in [3.63, 3.8) is 0 Å². The summed E-state index contributed by atoms with van der Waals surface area (Å²) in [6.45, 7) is 10.7. The number of nitrogens with zero attached hydrogens (tertiary/aromatic N) is 5. The van der Waals surface area contributed by atoms with Crippen molar-refractivity contribution in [1.29, 1.82) is 0 Å². The normalized spacial score (nSPS) is 16.8. The molecule has 1 aliphatic rings. The number of fused-ring (bicyclic) bond motifs is 1. The predicted molar refractivity (Wildman–Crippen MR) is 107 cm³/mol. The van der Waals surface area contributed by atoms with Gasteiger partial charge in [-0.3, -0.25) is 9.20 Å². The number of hydrogen-bond acceptors (Lipinski definition) is 4. The van der Waals surface area contributed by atoms with Gasteiger partial charge in [-0.25, -0.2) is 4.79 Å². The Morgan fingerprint density at radius 1 is 1.29 bits per heavy atom. The van der Waals surface area contributed by atoms with Gasteiger partial charge in [0.2, 0.25) is 0 Å². The number of rotatable bonds is 6. The minimum atomic E-state index is -0.0414. The predicted octanol–water partition coefficient (Wildman–Crippen LogP) is 2.51. The Bertz CT molecular complexity index is 846. The molecule has 3 amide bonds. The molecule has 3 rings (SSSR count). The minimum absolute atomic E-state index is 0.0234. The number of carbonyl (C=O) groups is 2. The molecule has 1 fully saturated rings. The second-order valence-electron chi connectivity index (χ2n) is 7.62. The van der Waals surface area contributed by atoms with E-state index < -0.39 is 0 Å². The van der Waals surface area contributed by atoms with Crippen LogP contribution in [0.1, 0.15) is 62.6 Å². The first-order chi connectivity index (χ1) is 13.4. The smallest absolute Gasteiger partial charge is 0.317 e. The van der Waals surface area contributed by atoms with Crippen molar-refractivity contribution in [2.24, 2.45) is 0 Å². The third-order valence-electron chi connectivity index (χ3n) is 5.09. The molecule has 0 spiro atoms. The van der Waals surface area contributed by atoms with Gasteiger partial charge < -0.3 is 15.1 Å². The number of urea groups is 1. The van der Waals surface area contributed by atoms with Crippen LogP contribution < -0.4 is 5.32 Å². The third kappa shape index (κ3) is 4.10. The summed E-state index contributed by atoms with van der Waals surface area (Å²) < 4.78 is 1.90. The topological polar surface area (TPSA) is 82.8 Å². The van der Waals surface area contributed by atoms with E-state index in [1.807, 2.05) is 53.3 Å². The fourth-order valence-corrected chi connectivity index (χ4v) is 3.66. The van der Waals surface area contributed by atoms with Crippen molar-refractivity contribution in [2.75, 3.05) is 26.2 Å². The van der Waals surface area contributed by atoms with E-state index in [9.17, 15) is 9.59 Å². The van der Waals surface area contributed by atoms with Crippen LogP contribution in [-0.2, 0) is 0 Å². The first-order valence-electron chi connectivity index (χ1n) is 10.1. The lowest BCUT2D eigenvalue weighted by Crippen LogP contribution is -2.41. The lowest BCUT2D eigenvalue weighted by Gasteiger charge is -2.20. The highest BCUT2D eigenvalue weighted by Crippen LogP contribution is 2.26. The van der Waals surface area contributed by atoms with Crippen molar-refractivity contribution < 1.29 is 9.59 Å². The zero-order valence-corrected chi connectivity index (χ0v) is 17.2. The SMILES string of the molecule is CCCN(CC)C(=O)c1ccc2nnc([C@H]3CCN(C(=O)NC(C)C)C3)n2c1. The molecule has 2 aromatic rings. The highest BCUT2D eigenvalue weighted by atomic mass is 16.2. The van der Waals surface area contributed by atoms with Gasteiger partial charge in [0, 0.05) is 44.3 Å². The van der Waals surface area contributed by atoms with Gasteiger partial charge in [0.15, 0.2) is 5.65 Å². The first kappa shape index (κ1) is 20.1. The molecule has 28 heavy (non-hydrogen) atoms. The molecule has 1 atom stereocenters. The van der Waals surface area contributed by atoms with E-state index in [-0.39, 0.29) is 23.9 Å². The summed E-state index contributed by atoms with van der Waals surface area (Å²) in [5, 5.41) is 11.6. The Labute approximate surface area is 165 Å². The molecule has 152 valence electrons. The van der Waals surface area contributed by atoms with Crippen molar-refractivity contribution >= 4 is 17.6 Å². The molecule has 3 heterocycles. The van der Waals surface area contributed by atoms with E-state index in [0.717, 1.165) is 30.9 Å². The van der Waals surface area contributed by atoms with Crippen LogP contribution in [0.5, 0.6) is 0 Å². The van der Waals surface area contributed by atoms with Crippen LogP contribution in [0.25, 0.3) is 5.65 Å². The summed E-state index contributed by atoms with van der Waals surface area (Å²) in [4.78, 5) is 28.8. The number of aromatic nitrogens is 3. The third-order valence-corrected chi connectivity index (χ3v) is 5.09. The van der Waals surface area contributed by atoms with Crippen LogP contribution in [0.3, 0.4) is 0 Å². The zero-order valence-electron chi connectivity index (χ0n) is 17.2. The molecular weight excluding hydrogens is 356 g/mol. The van der Waals surface area contributed by atoms with Crippen LogP contribution in [0.4, 0.5) is 4.79 Å². The molecule has 0 aromatic carbocycles. The second kappa shape index (κ2) is 8.58. The van der Waals surface area contributed by atoms with E-state index in [2.05, 4.69) is 22.4 Å². The molecule has 0 saturated carbocycles. The average Bonchev–Trinajstić information content (AvgIpc) is 3.31. The molecule has 0 aliphatic carbocycles. The number of likely N-dealkylation sites (tertiary alicyclic amines) is 1. The second-order valence-corrected chi connectivity index (χ2v) is 7.62. The van der Waals surface area contributed by atoms with Gasteiger partial charge in [0.05, 0.1) is 5.56 Å². The summed E-state index contributed by atoms with van der Waals surface area (Å²) in [7, 11) is 0. The molecule has 8 heteroatoms. The van der Waals surface area contributed by atoms with Crippen LogP contribution in [0.15, 0.2) is 18.3 Å². The minimum Gasteiger partial charge on any atom is -0.339 e. The van der Waals surface area contributed by atoms with E-state index in [4.69, 9.17) is 0 Å². The molecule has 1 N–H and O–H groups in total. The molecule has 0 unspecified atom stereocenters. The van der Waals surface area contributed by atoms with E-state index in [1.165, 1.54) is 0 Å². The molecular formula is C20H30N6O2. The Morgan fingerprint density at radius 3 is 2.75 bits per heavy atom. The summed E-state index contributed by atoms with van der Waals surface area (Å²) in [5.41, 5.74) is 1.35. The van der Waals surface area contributed by atoms with Gasteiger partial charge in [-0.1, -0.05) is 6.92 Å². The van der Waals surface area contributed by atoms with E-state index in [0.29, 0.717) is 25.2 Å². The quantitative estimate of drug-likeness (QED) is 0.827. The maximum Gasteiger partial charge on any atom is 0.317 e. The van der Waals surface area contributed by atoms with Crippen LogP contribution in [-0.4, -0.2) is 68.6 Å². The number of amides is 3. The zero-order chi connectivity index (χ0) is 20.3. The molecule has 0 bridgehead atoms. The fraction of sp³-hybridized carbons (Fsp3) is 0.600. The van der Waals surface area contributed by atoms with Gasteiger partial charge in [-0.2, -0.15) is 0 Å². The number of hydrogen-bond donors (Lipinski definition) is 1. The Morgan fingerprint density at radius 2 is 2.07 bits per heavy atom. The van der Waals surface area contributed by atoms with Crippen molar-refractivity contribution in [1.82, 2.24) is 29.7 Å². The van der Waals surface area contributed by atoms with Crippen LogP contribution in [0, 0.1) is 0 Å². The molecule has 0 radical (unpaired) electrons. The highest BCUT2D eigenvalue weighted by molar-refractivity contribution is 5.94. The Balaban J connectivity index is 1.81. The van der Waals surface area contributed by atoms with E-state index >= 15 is 0 Å². The fourth-order valence-electron chi connectivity index (χ4n) is 3.66. The van der Waals surface area contributed by atoms with Gasteiger partial charge in [0.1, 0.15) is 5.82 Å². The van der Waals surface area contributed by atoms with Crippen LogP contribution >= 0.6 is 0 Å². The maximum atomic E-state index is 12.8. The summed E-state index contributed by atoms with van der Waals surface area (Å²) in [6, 6.07) is 3.71. The van der Waals surface area contributed by atoms with Crippen LogP contribution in [0.2, 0.25) is 0 Å². The summed E-state index contributed by atoms with van der Waals surface area (Å²) in [5.74, 6) is 0.939.